The highest BCUT2D eigenvalue weighted by Crippen LogP contribution is 2.24. The van der Waals surface area contributed by atoms with Crippen molar-refractivity contribution < 1.29 is 4.79 Å². The Morgan fingerprint density at radius 2 is 2.04 bits per heavy atom. The van der Waals surface area contributed by atoms with Gasteiger partial charge in [-0.1, -0.05) is 41.6 Å². The van der Waals surface area contributed by atoms with Crippen LogP contribution >= 0.6 is 23.4 Å². The van der Waals surface area contributed by atoms with Crippen LogP contribution in [0.25, 0.3) is 16.6 Å². The summed E-state index contributed by atoms with van der Waals surface area (Å²) in [7, 11) is 1.57. The largest absolute Gasteiger partial charge is 0.358 e. The van der Waals surface area contributed by atoms with Crippen LogP contribution in [0.3, 0.4) is 0 Å². The first-order valence-electron chi connectivity index (χ1n) is 7.63. The molecule has 5 nitrogen and oxygen atoms in total. The SMILES string of the molecule is CNC(=O)CSc1nc2cc(Cl)ccc2c(=O)n1-c1ccccc1C. The zero-order valence-electron chi connectivity index (χ0n) is 13.7. The number of halogens is 1. The number of amides is 1. The van der Waals surface area contributed by atoms with Crippen molar-refractivity contribution in [1.82, 2.24) is 14.9 Å². The van der Waals surface area contributed by atoms with Gasteiger partial charge in [-0.2, -0.15) is 0 Å². The molecule has 7 heteroatoms. The van der Waals surface area contributed by atoms with Crippen molar-refractivity contribution in [2.75, 3.05) is 12.8 Å². The second-order valence-electron chi connectivity index (χ2n) is 5.44. The topological polar surface area (TPSA) is 64.0 Å². The summed E-state index contributed by atoms with van der Waals surface area (Å²) >= 11 is 7.25. The van der Waals surface area contributed by atoms with Crippen LogP contribution < -0.4 is 10.9 Å². The van der Waals surface area contributed by atoms with Crippen LogP contribution in [0.15, 0.2) is 52.4 Å². The second kappa shape index (κ2) is 7.29. The number of thioether (sulfide) groups is 1. The fraction of sp³-hybridized carbons (Fsp3) is 0.167. The van der Waals surface area contributed by atoms with Crippen molar-refractivity contribution >= 4 is 40.2 Å². The van der Waals surface area contributed by atoms with Crippen LogP contribution in [-0.2, 0) is 4.79 Å². The van der Waals surface area contributed by atoms with E-state index in [0.717, 1.165) is 11.3 Å². The molecule has 0 aliphatic heterocycles. The van der Waals surface area contributed by atoms with Gasteiger partial charge >= 0.3 is 0 Å². The molecule has 128 valence electrons. The zero-order valence-corrected chi connectivity index (χ0v) is 15.3. The van der Waals surface area contributed by atoms with Gasteiger partial charge in [-0.05, 0) is 36.8 Å². The van der Waals surface area contributed by atoms with E-state index in [1.807, 2.05) is 31.2 Å². The number of hydrogen-bond donors (Lipinski definition) is 1. The Balaban J connectivity index is 2.26. The average molecular weight is 374 g/mol. The van der Waals surface area contributed by atoms with Gasteiger partial charge in [-0.3, -0.25) is 14.2 Å². The Labute approximate surface area is 154 Å². The molecule has 0 radical (unpaired) electrons. The van der Waals surface area contributed by atoms with Crippen molar-refractivity contribution in [2.45, 2.75) is 12.1 Å². The average Bonchev–Trinajstić information content (AvgIpc) is 2.60. The molecule has 0 aliphatic carbocycles. The van der Waals surface area contributed by atoms with E-state index >= 15 is 0 Å². The number of nitrogens with one attached hydrogen (secondary N) is 1. The highest BCUT2D eigenvalue weighted by atomic mass is 35.5. The van der Waals surface area contributed by atoms with Gasteiger partial charge in [0.25, 0.3) is 5.56 Å². The Bertz CT molecular complexity index is 1020. The predicted molar refractivity (Wildman–Crippen MR) is 102 cm³/mol. The summed E-state index contributed by atoms with van der Waals surface area (Å²) < 4.78 is 1.55. The van der Waals surface area contributed by atoms with Crippen molar-refractivity contribution in [2.24, 2.45) is 0 Å². The summed E-state index contributed by atoms with van der Waals surface area (Å²) in [4.78, 5) is 29.3. The molecular weight excluding hydrogens is 358 g/mol. The number of aromatic nitrogens is 2. The highest BCUT2D eigenvalue weighted by molar-refractivity contribution is 7.99. The van der Waals surface area contributed by atoms with E-state index in [4.69, 9.17) is 11.6 Å². The quantitative estimate of drug-likeness (QED) is 0.563. The highest BCUT2D eigenvalue weighted by Gasteiger charge is 2.16. The van der Waals surface area contributed by atoms with Gasteiger partial charge in [0.15, 0.2) is 5.16 Å². The van der Waals surface area contributed by atoms with Crippen LogP contribution in [0.1, 0.15) is 5.56 Å². The smallest absolute Gasteiger partial charge is 0.266 e. The maximum Gasteiger partial charge on any atom is 0.266 e. The first-order chi connectivity index (χ1) is 12.0. The van der Waals surface area contributed by atoms with Gasteiger partial charge in [0.05, 0.1) is 22.3 Å². The van der Waals surface area contributed by atoms with E-state index in [0.29, 0.717) is 21.1 Å². The van der Waals surface area contributed by atoms with Crippen LogP contribution in [0.2, 0.25) is 5.02 Å². The summed E-state index contributed by atoms with van der Waals surface area (Å²) in [5, 5.41) is 4.02. The molecule has 0 saturated heterocycles. The number of rotatable bonds is 4. The van der Waals surface area contributed by atoms with Crippen molar-refractivity contribution in [3.05, 3.63) is 63.4 Å². The van der Waals surface area contributed by atoms with Crippen molar-refractivity contribution in [3.8, 4) is 5.69 Å². The van der Waals surface area contributed by atoms with Crippen LogP contribution in [0.5, 0.6) is 0 Å². The van der Waals surface area contributed by atoms with Gasteiger partial charge in [-0.25, -0.2) is 4.98 Å². The number of aryl methyl sites for hydroxylation is 1. The number of carbonyl (C=O) groups is 1. The van der Waals surface area contributed by atoms with Gasteiger partial charge < -0.3 is 5.32 Å². The van der Waals surface area contributed by atoms with E-state index in [-0.39, 0.29) is 17.2 Å². The Hall–Kier alpha value is -2.31. The molecule has 0 saturated carbocycles. The number of nitrogens with zero attached hydrogens (tertiary/aromatic N) is 2. The van der Waals surface area contributed by atoms with Crippen LogP contribution in [-0.4, -0.2) is 28.3 Å². The Kier molecular flexibility index (Phi) is 5.11. The lowest BCUT2D eigenvalue weighted by Crippen LogP contribution is -2.24. The molecule has 1 aromatic heterocycles. The maximum atomic E-state index is 13.1. The van der Waals surface area contributed by atoms with Gasteiger partial charge in [0.2, 0.25) is 5.91 Å². The van der Waals surface area contributed by atoms with E-state index < -0.39 is 0 Å². The molecule has 1 N–H and O–H groups in total. The molecule has 1 amide bonds. The number of para-hydroxylation sites is 1. The summed E-state index contributed by atoms with van der Waals surface area (Å²) in [6.45, 7) is 1.93. The van der Waals surface area contributed by atoms with Gasteiger partial charge in [-0.15, -0.1) is 0 Å². The summed E-state index contributed by atoms with van der Waals surface area (Å²) in [6, 6.07) is 12.6. The molecule has 1 heterocycles. The standard InChI is InChI=1S/C18H16ClN3O2S/c1-11-5-3-4-6-15(11)22-17(24)13-8-7-12(19)9-14(13)21-18(22)25-10-16(23)20-2/h3-9H,10H2,1-2H3,(H,20,23). The van der Waals surface area contributed by atoms with Crippen molar-refractivity contribution in [3.63, 3.8) is 0 Å². The zero-order chi connectivity index (χ0) is 18.0. The normalized spacial score (nSPS) is 10.8. The lowest BCUT2D eigenvalue weighted by Gasteiger charge is -2.15. The monoisotopic (exact) mass is 373 g/mol. The minimum absolute atomic E-state index is 0.137. The first-order valence-corrected chi connectivity index (χ1v) is 8.99. The predicted octanol–water partition coefficient (Wildman–Crippen LogP) is 3.19. The fourth-order valence-corrected chi connectivity index (χ4v) is 3.51. The summed E-state index contributed by atoms with van der Waals surface area (Å²) in [6.07, 6.45) is 0. The first kappa shape index (κ1) is 17.5. The lowest BCUT2D eigenvalue weighted by atomic mass is 10.2. The molecule has 0 atom stereocenters. The van der Waals surface area contributed by atoms with Gasteiger partial charge in [0, 0.05) is 12.1 Å². The number of fused-ring (bicyclic) bond motifs is 1. The minimum atomic E-state index is -0.185. The van der Waals surface area contributed by atoms with E-state index in [9.17, 15) is 9.59 Å². The molecule has 2 aromatic carbocycles. The fourth-order valence-electron chi connectivity index (χ4n) is 2.46. The third-order valence-corrected chi connectivity index (χ3v) is 4.94. The van der Waals surface area contributed by atoms with Crippen LogP contribution in [0.4, 0.5) is 0 Å². The van der Waals surface area contributed by atoms with E-state index in [1.165, 1.54) is 11.8 Å². The van der Waals surface area contributed by atoms with Crippen molar-refractivity contribution in [1.29, 1.82) is 0 Å². The Morgan fingerprint density at radius 1 is 1.28 bits per heavy atom. The molecular formula is C18H16ClN3O2S. The second-order valence-corrected chi connectivity index (χ2v) is 6.82. The van der Waals surface area contributed by atoms with Gasteiger partial charge in [0.1, 0.15) is 0 Å². The molecule has 0 unspecified atom stereocenters. The van der Waals surface area contributed by atoms with E-state index in [1.54, 1.807) is 29.8 Å². The third-order valence-electron chi connectivity index (χ3n) is 3.77. The number of hydrogen-bond acceptors (Lipinski definition) is 4. The minimum Gasteiger partial charge on any atom is -0.358 e. The molecule has 0 spiro atoms. The molecule has 25 heavy (non-hydrogen) atoms. The maximum absolute atomic E-state index is 13.1. The Morgan fingerprint density at radius 3 is 2.76 bits per heavy atom. The summed E-state index contributed by atoms with van der Waals surface area (Å²) in [5.41, 5.74) is 2.02. The lowest BCUT2D eigenvalue weighted by molar-refractivity contribution is -0.118. The molecule has 3 rings (SSSR count). The molecule has 3 aromatic rings. The van der Waals surface area contributed by atoms with Crippen LogP contribution in [0, 0.1) is 6.92 Å². The van der Waals surface area contributed by atoms with E-state index in [2.05, 4.69) is 10.3 Å². The third kappa shape index (κ3) is 3.55. The summed E-state index contributed by atoms with van der Waals surface area (Å²) in [5.74, 6) is 0.0303. The molecule has 0 bridgehead atoms. The number of carbonyl (C=O) groups excluding carboxylic acids is 1. The molecule has 0 fully saturated rings. The number of benzene rings is 2. The molecule has 0 aliphatic rings.